The predicted molar refractivity (Wildman–Crippen MR) is 64.9 cm³/mol. The topological polar surface area (TPSA) is 102 Å². The van der Waals surface area contributed by atoms with E-state index in [2.05, 4.69) is 4.72 Å². The van der Waals surface area contributed by atoms with Gasteiger partial charge in [0, 0.05) is 0 Å². The number of methoxy groups -OCH3 is 1. The average molecular weight is 287 g/mol. The van der Waals surface area contributed by atoms with Gasteiger partial charge in [-0.1, -0.05) is 0 Å². The Morgan fingerprint density at radius 3 is 2.63 bits per heavy atom. The summed E-state index contributed by atoms with van der Waals surface area (Å²) in [5, 5.41) is 8.85. The Labute approximate surface area is 110 Å². The molecule has 7 nitrogen and oxygen atoms in total. The lowest BCUT2D eigenvalue weighted by molar-refractivity contribution is 0.00481. The molecule has 1 fully saturated rings. The van der Waals surface area contributed by atoms with Crippen molar-refractivity contribution in [1.29, 1.82) is 0 Å². The van der Waals surface area contributed by atoms with Crippen LogP contribution in [-0.4, -0.2) is 45.9 Å². The van der Waals surface area contributed by atoms with Gasteiger partial charge in [-0.2, -0.15) is 0 Å². The maximum absolute atomic E-state index is 12.1. The molecule has 0 radical (unpaired) electrons. The fourth-order valence-corrected chi connectivity index (χ4v) is 2.97. The Morgan fingerprint density at radius 1 is 1.47 bits per heavy atom. The third-order valence-electron chi connectivity index (χ3n) is 2.66. The summed E-state index contributed by atoms with van der Waals surface area (Å²) in [5.41, 5.74) is -0.0391. The molecular weight excluding hydrogens is 274 g/mol. The number of hydrogen-bond donors (Lipinski definition) is 2. The van der Waals surface area contributed by atoms with Gasteiger partial charge in [-0.25, -0.2) is 17.9 Å². The summed E-state index contributed by atoms with van der Waals surface area (Å²) in [6, 6.07) is 3.35. The van der Waals surface area contributed by atoms with Crippen LogP contribution in [0.3, 0.4) is 0 Å². The van der Waals surface area contributed by atoms with E-state index < -0.39 is 16.0 Å². The minimum absolute atomic E-state index is 0.00681. The van der Waals surface area contributed by atoms with E-state index in [1.807, 2.05) is 0 Å². The number of nitrogens with one attached hydrogen (secondary N) is 1. The van der Waals surface area contributed by atoms with Crippen LogP contribution in [0.1, 0.15) is 10.4 Å². The van der Waals surface area contributed by atoms with Crippen molar-refractivity contribution in [3.05, 3.63) is 23.8 Å². The van der Waals surface area contributed by atoms with Crippen LogP contribution in [0.15, 0.2) is 23.1 Å². The van der Waals surface area contributed by atoms with Crippen molar-refractivity contribution in [2.45, 2.75) is 10.9 Å². The molecule has 19 heavy (non-hydrogen) atoms. The predicted octanol–water partition coefficient (Wildman–Crippen LogP) is 0.0705. The van der Waals surface area contributed by atoms with Crippen LogP contribution >= 0.6 is 0 Å². The number of hydrogen-bond acceptors (Lipinski definition) is 5. The second-order valence-electron chi connectivity index (χ2n) is 4.03. The van der Waals surface area contributed by atoms with Gasteiger partial charge in [-0.15, -0.1) is 0 Å². The zero-order valence-electron chi connectivity index (χ0n) is 10.1. The zero-order chi connectivity index (χ0) is 14.0. The van der Waals surface area contributed by atoms with Crippen molar-refractivity contribution in [2.24, 2.45) is 0 Å². The van der Waals surface area contributed by atoms with Crippen LogP contribution in [0, 0.1) is 0 Å². The van der Waals surface area contributed by atoms with Gasteiger partial charge in [0.2, 0.25) is 10.0 Å². The molecule has 1 aromatic carbocycles. The summed E-state index contributed by atoms with van der Waals surface area (Å²) in [5.74, 6) is -1.16. The summed E-state index contributed by atoms with van der Waals surface area (Å²) in [6.07, 6.45) is 0. The third-order valence-corrected chi connectivity index (χ3v) is 4.22. The highest BCUT2D eigenvalue weighted by Crippen LogP contribution is 2.25. The van der Waals surface area contributed by atoms with Crippen LogP contribution in [0.4, 0.5) is 0 Å². The first kappa shape index (κ1) is 13.8. The van der Waals surface area contributed by atoms with Gasteiger partial charge in [0.25, 0.3) is 0 Å². The lowest BCUT2D eigenvalue weighted by atomic mass is 10.2. The lowest BCUT2D eigenvalue weighted by Crippen LogP contribution is -2.48. The van der Waals surface area contributed by atoms with Gasteiger partial charge < -0.3 is 14.6 Å². The Balaban J connectivity index is 2.35. The minimum Gasteiger partial charge on any atom is -0.495 e. The van der Waals surface area contributed by atoms with Crippen LogP contribution in [0.25, 0.3) is 0 Å². The first-order chi connectivity index (χ1) is 8.94. The number of carboxylic acid groups (broad SMARTS) is 1. The molecule has 104 valence electrons. The number of carboxylic acids is 1. The number of carbonyl (C=O) groups is 1. The van der Waals surface area contributed by atoms with Crippen LogP contribution in [0.2, 0.25) is 0 Å². The maximum Gasteiger partial charge on any atom is 0.335 e. The molecule has 1 saturated heterocycles. The number of aromatic carboxylic acids is 1. The van der Waals surface area contributed by atoms with Crippen molar-refractivity contribution >= 4 is 16.0 Å². The molecule has 0 saturated carbocycles. The first-order valence-corrected chi connectivity index (χ1v) is 6.94. The standard InChI is InChI=1S/C11H13NO6S/c1-17-9-4-7(11(13)14)2-3-10(9)19(15,16)12-8-5-18-6-8/h2-4,8,12H,5-6H2,1H3,(H,13,14). The van der Waals surface area contributed by atoms with Gasteiger partial charge in [0.05, 0.1) is 31.9 Å². The summed E-state index contributed by atoms with van der Waals surface area (Å²) in [4.78, 5) is 10.7. The van der Waals surface area contributed by atoms with Crippen LogP contribution < -0.4 is 9.46 Å². The molecule has 0 spiro atoms. The molecule has 2 rings (SSSR count). The Hall–Kier alpha value is -1.64. The molecule has 0 aliphatic carbocycles. The van der Waals surface area contributed by atoms with Crippen LogP contribution in [-0.2, 0) is 14.8 Å². The van der Waals surface area contributed by atoms with Gasteiger partial charge >= 0.3 is 5.97 Å². The smallest absolute Gasteiger partial charge is 0.335 e. The first-order valence-electron chi connectivity index (χ1n) is 5.45. The van der Waals surface area contributed by atoms with E-state index in [9.17, 15) is 13.2 Å². The molecule has 0 unspecified atom stereocenters. The fraction of sp³-hybridized carbons (Fsp3) is 0.364. The summed E-state index contributed by atoms with van der Waals surface area (Å²) < 4.78 is 36.5. The molecular formula is C11H13NO6S. The SMILES string of the molecule is COc1cc(C(=O)O)ccc1S(=O)(=O)NC1COC1. The lowest BCUT2D eigenvalue weighted by Gasteiger charge is -2.26. The van der Waals surface area contributed by atoms with Crippen molar-refractivity contribution in [3.8, 4) is 5.75 Å². The van der Waals surface area contributed by atoms with E-state index >= 15 is 0 Å². The quantitative estimate of drug-likeness (QED) is 0.794. The summed E-state index contributed by atoms with van der Waals surface area (Å²) in [6.45, 7) is 0.656. The summed E-state index contributed by atoms with van der Waals surface area (Å²) >= 11 is 0. The molecule has 1 aliphatic rings. The second-order valence-corrected chi connectivity index (χ2v) is 5.71. The molecule has 0 atom stereocenters. The number of ether oxygens (including phenoxy) is 2. The molecule has 1 aliphatic heterocycles. The van der Waals surface area contributed by atoms with E-state index in [1.54, 1.807) is 0 Å². The van der Waals surface area contributed by atoms with Gasteiger partial charge in [-0.05, 0) is 18.2 Å². The van der Waals surface area contributed by atoms with Crippen molar-refractivity contribution in [1.82, 2.24) is 4.72 Å². The summed E-state index contributed by atoms with van der Waals surface area (Å²) in [7, 11) is -2.47. The molecule has 1 aromatic rings. The zero-order valence-corrected chi connectivity index (χ0v) is 10.9. The third kappa shape index (κ3) is 2.86. The van der Waals surface area contributed by atoms with E-state index in [0.717, 1.165) is 0 Å². The van der Waals surface area contributed by atoms with Gasteiger partial charge in [-0.3, -0.25) is 0 Å². The van der Waals surface area contributed by atoms with E-state index in [1.165, 1.54) is 25.3 Å². The molecule has 2 N–H and O–H groups in total. The van der Waals surface area contributed by atoms with Gasteiger partial charge in [0.1, 0.15) is 10.6 Å². The number of rotatable bonds is 5. The number of sulfonamides is 1. The highest BCUT2D eigenvalue weighted by atomic mass is 32.2. The highest BCUT2D eigenvalue weighted by Gasteiger charge is 2.28. The molecule has 0 bridgehead atoms. The van der Waals surface area contributed by atoms with E-state index in [-0.39, 0.29) is 22.3 Å². The van der Waals surface area contributed by atoms with Gasteiger partial charge in [0.15, 0.2) is 0 Å². The van der Waals surface area contributed by atoms with Crippen molar-refractivity contribution in [2.75, 3.05) is 20.3 Å². The highest BCUT2D eigenvalue weighted by molar-refractivity contribution is 7.89. The van der Waals surface area contributed by atoms with Crippen molar-refractivity contribution < 1.29 is 27.8 Å². The molecule has 0 aromatic heterocycles. The minimum atomic E-state index is -3.75. The molecule has 1 heterocycles. The van der Waals surface area contributed by atoms with Crippen molar-refractivity contribution in [3.63, 3.8) is 0 Å². The van der Waals surface area contributed by atoms with E-state index in [4.69, 9.17) is 14.6 Å². The monoisotopic (exact) mass is 287 g/mol. The maximum atomic E-state index is 12.1. The normalized spacial score (nSPS) is 15.8. The number of benzene rings is 1. The largest absolute Gasteiger partial charge is 0.495 e. The Bertz CT molecular complexity index is 593. The average Bonchev–Trinajstić information content (AvgIpc) is 2.33. The van der Waals surface area contributed by atoms with Crippen LogP contribution in [0.5, 0.6) is 5.75 Å². The molecule has 0 amide bonds. The second kappa shape index (κ2) is 5.16. The van der Waals surface area contributed by atoms with E-state index in [0.29, 0.717) is 13.2 Å². The fourth-order valence-electron chi connectivity index (χ4n) is 1.61. The molecule has 8 heteroatoms. The Kier molecular flexibility index (Phi) is 3.74. The Morgan fingerprint density at radius 2 is 2.16 bits per heavy atom.